The molecule has 1 aromatic carbocycles. The van der Waals surface area contributed by atoms with E-state index in [1.54, 1.807) is 12.1 Å². The van der Waals surface area contributed by atoms with Gasteiger partial charge < -0.3 is 5.11 Å². The molecule has 0 heterocycles. The Bertz CT molecular complexity index is 346. The first kappa shape index (κ1) is 13.5. The molecule has 0 unspecified atom stereocenters. The van der Waals surface area contributed by atoms with Crippen LogP contribution in [0.3, 0.4) is 0 Å². The topological polar surface area (TPSA) is 20.2 Å². The van der Waals surface area contributed by atoms with Gasteiger partial charge in [0.1, 0.15) is 5.82 Å². The standard InChI is InChI=1S/C13H18ClFO/c1-8(2)13(16,9(3)4)12-10(14)6-5-7-11(12)15/h5-9,16H,1-4H3. The molecule has 16 heavy (non-hydrogen) atoms. The van der Waals surface area contributed by atoms with E-state index in [0.29, 0.717) is 0 Å². The van der Waals surface area contributed by atoms with Crippen LogP contribution in [0.4, 0.5) is 4.39 Å². The van der Waals surface area contributed by atoms with Crippen LogP contribution in [0.15, 0.2) is 18.2 Å². The highest BCUT2D eigenvalue weighted by Gasteiger charge is 2.40. The smallest absolute Gasteiger partial charge is 0.130 e. The monoisotopic (exact) mass is 244 g/mol. The Morgan fingerprint density at radius 1 is 1.19 bits per heavy atom. The molecule has 0 saturated carbocycles. The lowest BCUT2D eigenvalue weighted by atomic mass is 9.75. The summed E-state index contributed by atoms with van der Waals surface area (Å²) in [5.74, 6) is -0.666. The number of benzene rings is 1. The van der Waals surface area contributed by atoms with Crippen molar-refractivity contribution in [3.63, 3.8) is 0 Å². The Balaban J connectivity index is 3.44. The van der Waals surface area contributed by atoms with Crippen LogP contribution < -0.4 is 0 Å². The van der Waals surface area contributed by atoms with Gasteiger partial charge in [-0.1, -0.05) is 45.4 Å². The lowest BCUT2D eigenvalue weighted by molar-refractivity contribution is -0.0557. The lowest BCUT2D eigenvalue weighted by Crippen LogP contribution is -2.38. The molecule has 0 aliphatic heterocycles. The van der Waals surface area contributed by atoms with E-state index in [1.165, 1.54) is 6.07 Å². The largest absolute Gasteiger partial charge is 0.384 e. The predicted octanol–water partition coefficient (Wildman–Crippen LogP) is 3.98. The fraction of sp³-hybridized carbons (Fsp3) is 0.538. The zero-order valence-electron chi connectivity index (χ0n) is 10.1. The van der Waals surface area contributed by atoms with E-state index in [0.717, 1.165) is 0 Å². The molecule has 0 aliphatic carbocycles. The highest BCUT2D eigenvalue weighted by atomic mass is 35.5. The third-order valence-corrected chi connectivity index (χ3v) is 3.44. The van der Waals surface area contributed by atoms with Gasteiger partial charge in [0, 0.05) is 10.6 Å². The van der Waals surface area contributed by atoms with Gasteiger partial charge in [-0.2, -0.15) is 0 Å². The van der Waals surface area contributed by atoms with E-state index in [9.17, 15) is 9.50 Å². The summed E-state index contributed by atoms with van der Waals surface area (Å²) >= 11 is 6.00. The van der Waals surface area contributed by atoms with Crippen molar-refractivity contribution in [1.29, 1.82) is 0 Å². The van der Waals surface area contributed by atoms with Crippen LogP contribution in [0, 0.1) is 17.7 Å². The third-order valence-electron chi connectivity index (χ3n) is 3.12. The fourth-order valence-electron chi connectivity index (χ4n) is 2.12. The molecule has 0 bridgehead atoms. The van der Waals surface area contributed by atoms with Crippen molar-refractivity contribution in [2.24, 2.45) is 11.8 Å². The molecule has 0 amide bonds. The lowest BCUT2D eigenvalue weighted by Gasteiger charge is -2.37. The molecule has 3 heteroatoms. The van der Waals surface area contributed by atoms with Crippen LogP contribution in [0.25, 0.3) is 0 Å². The molecule has 0 saturated heterocycles. The van der Waals surface area contributed by atoms with E-state index in [1.807, 2.05) is 27.7 Å². The van der Waals surface area contributed by atoms with Gasteiger partial charge in [-0.05, 0) is 24.0 Å². The van der Waals surface area contributed by atoms with Crippen LogP contribution in [-0.4, -0.2) is 5.11 Å². The number of halogens is 2. The van der Waals surface area contributed by atoms with E-state index in [2.05, 4.69) is 0 Å². The van der Waals surface area contributed by atoms with Crippen molar-refractivity contribution in [2.45, 2.75) is 33.3 Å². The summed E-state index contributed by atoms with van der Waals surface area (Å²) in [6.45, 7) is 7.46. The zero-order valence-corrected chi connectivity index (χ0v) is 10.8. The molecule has 1 aromatic rings. The highest BCUT2D eigenvalue weighted by Crippen LogP contribution is 2.41. The third kappa shape index (κ3) is 2.09. The maximum absolute atomic E-state index is 13.8. The molecule has 1 N–H and O–H groups in total. The second kappa shape index (κ2) is 4.72. The Morgan fingerprint density at radius 2 is 1.69 bits per heavy atom. The molecule has 0 aromatic heterocycles. The van der Waals surface area contributed by atoms with Crippen LogP contribution >= 0.6 is 11.6 Å². The highest BCUT2D eigenvalue weighted by molar-refractivity contribution is 6.31. The van der Waals surface area contributed by atoms with Gasteiger partial charge in [-0.25, -0.2) is 4.39 Å². The molecule has 1 nitrogen and oxygen atoms in total. The average Bonchev–Trinajstić information content (AvgIpc) is 2.16. The summed E-state index contributed by atoms with van der Waals surface area (Å²) in [5, 5.41) is 11.0. The van der Waals surface area contributed by atoms with E-state index >= 15 is 0 Å². The Kier molecular flexibility index (Phi) is 3.97. The SMILES string of the molecule is CC(C)C(O)(c1c(F)cccc1Cl)C(C)C. The second-order valence-electron chi connectivity index (χ2n) is 4.73. The van der Waals surface area contributed by atoms with Crippen molar-refractivity contribution >= 4 is 11.6 Å². The van der Waals surface area contributed by atoms with Crippen molar-refractivity contribution in [2.75, 3.05) is 0 Å². The Morgan fingerprint density at radius 3 is 2.06 bits per heavy atom. The van der Waals surface area contributed by atoms with E-state index < -0.39 is 11.4 Å². The number of aliphatic hydroxyl groups is 1. The van der Waals surface area contributed by atoms with Crippen molar-refractivity contribution in [1.82, 2.24) is 0 Å². The van der Waals surface area contributed by atoms with Crippen LogP contribution in [-0.2, 0) is 5.60 Å². The molecule has 90 valence electrons. The summed E-state index contributed by atoms with van der Waals surface area (Å²) in [5.41, 5.74) is -1.02. The first-order chi connectivity index (χ1) is 7.31. The van der Waals surface area contributed by atoms with Crippen LogP contribution in [0.1, 0.15) is 33.3 Å². The number of rotatable bonds is 3. The second-order valence-corrected chi connectivity index (χ2v) is 5.14. The van der Waals surface area contributed by atoms with Crippen LogP contribution in [0.2, 0.25) is 5.02 Å². The van der Waals surface area contributed by atoms with Gasteiger partial charge in [-0.3, -0.25) is 0 Å². The van der Waals surface area contributed by atoms with Gasteiger partial charge in [-0.15, -0.1) is 0 Å². The molecule has 0 aliphatic rings. The number of hydrogen-bond acceptors (Lipinski definition) is 1. The first-order valence-corrected chi connectivity index (χ1v) is 5.86. The Labute approximate surface area is 101 Å². The average molecular weight is 245 g/mol. The molecule has 1 rings (SSSR count). The summed E-state index contributed by atoms with van der Waals surface area (Å²) in [6, 6.07) is 4.48. The van der Waals surface area contributed by atoms with Crippen LogP contribution in [0.5, 0.6) is 0 Å². The maximum atomic E-state index is 13.8. The van der Waals surface area contributed by atoms with Gasteiger partial charge in [0.25, 0.3) is 0 Å². The molecule has 0 radical (unpaired) electrons. The Hall–Kier alpha value is -0.600. The normalized spacial score (nSPS) is 12.6. The zero-order chi connectivity index (χ0) is 12.5. The summed E-state index contributed by atoms with van der Waals surface area (Å²) < 4.78 is 13.8. The van der Waals surface area contributed by atoms with Gasteiger partial charge in [0.15, 0.2) is 0 Å². The molecule has 0 fully saturated rings. The van der Waals surface area contributed by atoms with Gasteiger partial charge in [0.2, 0.25) is 0 Å². The van der Waals surface area contributed by atoms with E-state index in [-0.39, 0.29) is 22.4 Å². The van der Waals surface area contributed by atoms with E-state index in [4.69, 9.17) is 11.6 Å². The minimum Gasteiger partial charge on any atom is -0.384 e. The molecular weight excluding hydrogens is 227 g/mol. The fourth-order valence-corrected chi connectivity index (χ4v) is 2.44. The maximum Gasteiger partial charge on any atom is 0.130 e. The summed E-state index contributed by atoms with van der Waals surface area (Å²) in [6.07, 6.45) is 0. The van der Waals surface area contributed by atoms with Crippen molar-refractivity contribution in [3.05, 3.63) is 34.6 Å². The predicted molar refractivity (Wildman–Crippen MR) is 65.0 cm³/mol. The quantitative estimate of drug-likeness (QED) is 0.853. The minimum atomic E-state index is -1.23. The summed E-state index contributed by atoms with van der Waals surface area (Å²) in [7, 11) is 0. The minimum absolute atomic E-state index is 0.109. The molecular formula is C13H18ClFO. The van der Waals surface area contributed by atoms with Gasteiger partial charge >= 0.3 is 0 Å². The number of hydrogen-bond donors (Lipinski definition) is 1. The first-order valence-electron chi connectivity index (χ1n) is 5.48. The summed E-state index contributed by atoms with van der Waals surface area (Å²) in [4.78, 5) is 0. The molecule has 0 atom stereocenters. The van der Waals surface area contributed by atoms with Crippen molar-refractivity contribution < 1.29 is 9.50 Å². The molecule has 0 spiro atoms. The van der Waals surface area contributed by atoms with Gasteiger partial charge in [0.05, 0.1) is 5.60 Å². The van der Waals surface area contributed by atoms with Crippen molar-refractivity contribution in [3.8, 4) is 0 Å².